The van der Waals surface area contributed by atoms with Crippen molar-refractivity contribution < 1.29 is 4.74 Å². The highest BCUT2D eigenvalue weighted by Crippen LogP contribution is 2.27. The van der Waals surface area contributed by atoms with Crippen LogP contribution in [0.25, 0.3) is 0 Å². The molecule has 0 saturated carbocycles. The van der Waals surface area contributed by atoms with Gasteiger partial charge in [-0.1, -0.05) is 30.0 Å². The molecule has 2 aromatic carbocycles. The quantitative estimate of drug-likeness (QED) is 0.540. The van der Waals surface area contributed by atoms with Gasteiger partial charge in [0.15, 0.2) is 0 Å². The van der Waals surface area contributed by atoms with Crippen LogP contribution in [0.3, 0.4) is 0 Å². The number of morpholine rings is 1. The molecule has 0 radical (unpaired) electrons. The Morgan fingerprint density at radius 1 is 1.04 bits per heavy atom. The van der Waals surface area contributed by atoms with Gasteiger partial charge in [0, 0.05) is 42.0 Å². The van der Waals surface area contributed by atoms with Gasteiger partial charge in [0.05, 0.1) is 13.2 Å². The van der Waals surface area contributed by atoms with E-state index >= 15 is 0 Å². The minimum atomic E-state index is 0.717. The second-order valence-electron chi connectivity index (χ2n) is 6.43. The standard InChI is InChI=1S/C21H22N4OS/c22-17-2-1-3-19(15-17)27-21-8-9-23-20(24-21)14-16-4-6-18(7-5-16)25-10-12-26-13-11-25/h1-9,15H,10-14,22H2. The molecular weight excluding hydrogens is 356 g/mol. The van der Waals surface area contributed by atoms with Gasteiger partial charge in [0.1, 0.15) is 10.9 Å². The zero-order valence-electron chi connectivity index (χ0n) is 15.0. The lowest BCUT2D eigenvalue weighted by Crippen LogP contribution is -2.36. The van der Waals surface area contributed by atoms with Gasteiger partial charge in [0.2, 0.25) is 0 Å². The molecule has 1 aliphatic heterocycles. The monoisotopic (exact) mass is 378 g/mol. The molecule has 138 valence electrons. The van der Waals surface area contributed by atoms with E-state index in [1.807, 2.05) is 36.5 Å². The molecule has 0 atom stereocenters. The average molecular weight is 379 g/mol. The normalized spacial score (nSPS) is 14.3. The van der Waals surface area contributed by atoms with Crippen LogP contribution >= 0.6 is 11.8 Å². The maximum Gasteiger partial charge on any atom is 0.133 e. The Morgan fingerprint density at radius 2 is 1.85 bits per heavy atom. The van der Waals surface area contributed by atoms with Crippen molar-refractivity contribution in [1.29, 1.82) is 0 Å². The SMILES string of the molecule is Nc1cccc(Sc2ccnc(Cc3ccc(N4CCOCC4)cc3)n2)c1. The number of hydrogen-bond donors (Lipinski definition) is 1. The zero-order chi connectivity index (χ0) is 18.5. The molecule has 1 saturated heterocycles. The lowest BCUT2D eigenvalue weighted by molar-refractivity contribution is 0.122. The molecule has 0 amide bonds. The van der Waals surface area contributed by atoms with Crippen molar-refractivity contribution in [2.75, 3.05) is 36.9 Å². The van der Waals surface area contributed by atoms with Crippen LogP contribution in [-0.4, -0.2) is 36.3 Å². The predicted octanol–water partition coefficient (Wildman–Crippen LogP) is 3.64. The maximum absolute atomic E-state index is 5.85. The van der Waals surface area contributed by atoms with Gasteiger partial charge >= 0.3 is 0 Å². The predicted molar refractivity (Wildman–Crippen MR) is 109 cm³/mol. The van der Waals surface area contributed by atoms with Gasteiger partial charge in [-0.05, 0) is 42.0 Å². The summed E-state index contributed by atoms with van der Waals surface area (Å²) in [6.45, 7) is 3.50. The van der Waals surface area contributed by atoms with Crippen LogP contribution in [0.5, 0.6) is 0 Å². The fourth-order valence-corrected chi connectivity index (χ4v) is 3.91. The number of aromatic nitrogens is 2. The second-order valence-corrected chi connectivity index (χ2v) is 7.52. The summed E-state index contributed by atoms with van der Waals surface area (Å²) in [5, 5.41) is 0.926. The smallest absolute Gasteiger partial charge is 0.133 e. The van der Waals surface area contributed by atoms with Gasteiger partial charge in [-0.15, -0.1) is 0 Å². The summed E-state index contributed by atoms with van der Waals surface area (Å²) in [6.07, 6.45) is 2.54. The Labute approximate surface area is 163 Å². The number of ether oxygens (including phenoxy) is 1. The summed E-state index contributed by atoms with van der Waals surface area (Å²) >= 11 is 1.60. The number of nitrogen functional groups attached to an aromatic ring is 1. The molecule has 27 heavy (non-hydrogen) atoms. The van der Waals surface area contributed by atoms with Gasteiger partial charge in [-0.3, -0.25) is 0 Å². The third kappa shape index (κ3) is 4.78. The first-order valence-corrected chi connectivity index (χ1v) is 9.85. The topological polar surface area (TPSA) is 64.3 Å². The molecule has 2 heterocycles. The first-order valence-electron chi connectivity index (χ1n) is 9.03. The number of hydrogen-bond acceptors (Lipinski definition) is 6. The van der Waals surface area contributed by atoms with Crippen molar-refractivity contribution in [3.63, 3.8) is 0 Å². The van der Waals surface area contributed by atoms with Crippen molar-refractivity contribution in [2.45, 2.75) is 16.3 Å². The van der Waals surface area contributed by atoms with E-state index in [4.69, 9.17) is 10.5 Å². The van der Waals surface area contributed by atoms with Crippen LogP contribution in [0.4, 0.5) is 11.4 Å². The third-order valence-electron chi connectivity index (χ3n) is 4.44. The Morgan fingerprint density at radius 3 is 2.63 bits per heavy atom. The van der Waals surface area contributed by atoms with Crippen molar-refractivity contribution in [3.8, 4) is 0 Å². The average Bonchev–Trinajstić information content (AvgIpc) is 2.70. The van der Waals surface area contributed by atoms with Crippen LogP contribution in [0.1, 0.15) is 11.4 Å². The molecular formula is C21H22N4OS. The molecule has 4 rings (SSSR count). The second kappa shape index (κ2) is 8.41. The van der Waals surface area contributed by atoms with Gasteiger partial charge in [-0.25, -0.2) is 9.97 Å². The van der Waals surface area contributed by atoms with Crippen LogP contribution in [0.15, 0.2) is 70.7 Å². The van der Waals surface area contributed by atoms with E-state index in [9.17, 15) is 0 Å². The highest BCUT2D eigenvalue weighted by Gasteiger charge is 2.11. The van der Waals surface area contributed by atoms with Gasteiger partial charge in [-0.2, -0.15) is 0 Å². The number of rotatable bonds is 5. The molecule has 3 aromatic rings. The van der Waals surface area contributed by atoms with E-state index in [1.54, 1.807) is 11.8 Å². The molecule has 6 heteroatoms. The Hall–Kier alpha value is -2.57. The van der Waals surface area contributed by atoms with Crippen molar-refractivity contribution in [2.24, 2.45) is 0 Å². The van der Waals surface area contributed by atoms with Crippen molar-refractivity contribution >= 4 is 23.1 Å². The van der Waals surface area contributed by atoms with E-state index < -0.39 is 0 Å². The molecule has 0 unspecified atom stereocenters. The van der Waals surface area contributed by atoms with E-state index in [0.29, 0.717) is 6.42 Å². The largest absolute Gasteiger partial charge is 0.399 e. The zero-order valence-corrected chi connectivity index (χ0v) is 15.9. The summed E-state index contributed by atoms with van der Waals surface area (Å²) in [4.78, 5) is 12.6. The Bertz CT molecular complexity index is 895. The fraction of sp³-hybridized carbons (Fsp3) is 0.238. The highest BCUT2D eigenvalue weighted by molar-refractivity contribution is 7.99. The van der Waals surface area contributed by atoms with E-state index in [1.165, 1.54) is 11.3 Å². The van der Waals surface area contributed by atoms with Gasteiger partial charge < -0.3 is 15.4 Å². The van der Waals surface area contributed by atoms with Gasteiger partial charge in [0.25, 0.3) is 0 Å². The third-order valence-corrected chi connectivity index (χ3v) is 5.36. The molecule has 0 spiro atoms. The summed E-state index contributed by atoms with van der Waals surface area (Å²) in [5.74, 6) is 0.822. The molecule has 1 aromatic heterocycles. The highest BCUT2D eigenvalue weighted by atomic mass is 32.2. The van der Waals surface area contributed by atoms with E-state index in [2.05, 4.69) is 39.1 Å². The first-order chi connectivity index (χ1) is 13.3. The van der Waals surface area contributed by atoms with Crippen LogP contribution in [-0.2, 0) is 11.2 Å². The Balaban J connectivity index is 1.43. The van der Waals surface area contributed by atoms with Crippen LogP contribution in [0.2, 0.25) is 0 Å². The molecule has 2 N–H and O–H groups in total. The van der Waals surface area contributed by atoms with E-state index in [0.717, 1.165) is 47.7 Å². The van der Waals surface area contributed by atoms with E-state index in [-0.39, 0.29) is 0 Å². The molecule has 1 fully saturated rings. The Kier molecular flexibility index (Phi) is 5.55. The number of benzene rings is 2. The summed E-state index contributed by atoms with van der Waals surface area (Å²) in [6, 6.07) is 18.4. The first kappa shape index (κ1) is 17.8. The lowest BCUT2D eigenvalue weighted by atomic mass is 10.1. The van der Waals surface area contributed by atoms with Crippen LogP contribution in [0, 0.1) is 0 Å². The molecule has 0 aliphatic carbocycles. The summed E-state index contributed by atoms with van der Waals surface area (Å²) in [7, 11) is 0. The molecule has 1 aliphatic rings. The van der Waals surface area contributed by atoms with Crippen molar-refractivity contribution in [1.82, 2.24) is 9.97 Å². The minimum absolute atomic E-state index is 0.717. The van der Waals surface area contributed by atoms with Crippen LogP contribution < -0.4 is 10.6 Å². The lowest BCUT2D eigenvalue weighted by Gasteiger charge is -2.28. The van der Waals surface area contributed by atoms with Crippen molar-refractivity contribution in [3.05, 3.63) is 72.2 Å². The molecule has 5 nitrogen and oxygen atoms in total. The minimum Gasteiger partial charge on any atom is -0.399 e. The molecule has 0 bridgehead atoms. The number of anilines is 2. The fourth-order valence-electron chi connectivity index (χ4n) is 3.05. The number of nitrogens with zero attached hydrogens (tertiary/aromatic N) is 3. The summed E-state index contributed by atoms with van der Waals surface area (Å²) in [5.41, 5.74) is 9.06. The number of nitrogens with two attached hydrogens (primary N) is 1. The summed E-state index contributed by atoms with van der Waals surface area (Å²) < 4.78 is 5.42. The maximum atomic E-state index is 5.85.